The number of aliphatic hydroxyl groups is 1. The molecular formula is C20H24ClNO3S. The number of nitrogens with one attached hydrogen (secondary N) is 1. The Bertz CT molecular complexity index is 694. The predicted octanol–water partition coefficient (Wildman–Crippen LogP) is 4.16. The van der Waals surface area contributed by atoms with Gasteiger partial charge >= 0.3 is 5.97 Å². The third-order valence-corrected chi connectivity index (χ3v) is 5.22. The van der Waals surface area contributed by atoms with Crippen molar-refractivity contribution in [3.63, 3.8) is 0 Å². The first-order chi connectivity index (χ1) is 12.5. The molecule has 0 saturated carbocycles. The van der Waals surface area contributed by atoms with E-state index in [1.807, 2.05) is 12.1 Å². The van der Waals surface area contributed by atoms with E-state index in [1.54, 1.807) is 23.9 Å². The molecule has 2 aromatic carbocycles. The van der Waals surface area contributed by atoms with Gasteiger partial charge < -0.3 is 15.5 Å². The smallest absolute Gasteiger partial charge is 0.303 e. The molecule has 0 aliphatic rings. The van der Waals surface area contributed by atoms with Gasteiger partial charge in [0.05, 0.1) is 6.10 Å². The molecule has 0 saturated heterocycles. The van der Waals surface area contributed by atoms with Crippen molar-refractivity contribution in [3.8, 4) is 0 Å². The summed E-state index contributed by atoms with van der Waals surface area (Å²) in [5.41, 5.74) is 2.04. The normalized spacial score (nSPS) is 12.1. The minimum atomic E-state index is -0.742. The number of aliphatic carboxylic acids is 1. The molecule has 4 nitrogen and oxygen atoms in total. The number of halogens is 1. The molecular weight excluding hydrogens is 370 g/mol. The molecule has 1 atom stereocenters. The van der Waals surface area contributed by atoms with E-state index in [0.29, 0.717) is 18.0 Å². The topological polar surface area (TPSA) is 69.6 Å². The van der Waals surface area contributed by atoms with Crippen molar-refractivity contribution in [1.82, 2.24) is 5.32 Å². The zero-order chi connectivity index (χ0) is 18.8. The molecule has 0 unspecified atom stereocenters. The van der Waals surface area contributed by atoms with Crippen molar-refractivity contribution in [2.45, 2.75) is 30.3 Å². The first-order valence-electron chi connectivity index (χ1n) is 8.62. The summed E-state index contributed by atoms with van der Waals surface area (Å²) in [5, 5.41) is 22.7. The average molecular weight is 394 g/mol. The lowest BCUT2D eigenvalue weighted by Gasteiger charge is -2.12. The standard InChI is InChI=1S/C20H24ClNO3S/c21-17-4-1-3-16(13-17)19(23)14-22-11-10-15-6-8-18(9-7-15)26-12-2-5-20(24)25/h1,3-4,6-9,13,19,22-23H,2,5,10-12,14H2,(H,24,25)/t19-/m1/s1. The van der Waals surface area contributed by atoms with E-state index in [2.05, 4.69) is 29.6 Å². The number of hydrogen-bond donors (Lipinski definition) is 3. The number of benzene rings is 2. The van der Waals surface area contributed by atoms with Crippen molar-refractivity contribution in [1.29, 1.82) is 0 Å². The monoisotopic (exact) mass is 393 g/mol. The lowest BCUT2D eigenvalue weighted by molar-refractivity contribution is -0.137. The molecule has 0 spiro atoms. The molecule has 26 heavy (non-hydrogen) atoms. The molecule has 0 aromatic heterocycles. The second-order valence-electron chi connectivity index (χ2n) is 6.01. The highest BCUT2D eigenvalue weighted by Crippen LogP contribution is 2.20. The van der Waals surface area contributed by atoms with Gasteiger partial charge in [0.25, 0.3) is 0 Å². The van der Waals surface area contributed by atoms with Crippen LogP contribution in [-0.2, 0) is 11.2 Å². The van der Waals surface area contributed by atoms with Gasteiger partial charge in [-0.3, -0.25) is 4.79 Å². The van der Waals surface area contributed by atoms with Crippen LogP contribution in [0.2, 0.25) is 5.02 Å². The number of carbonyl (C=O) groups is 1. The summed E-state index contributed by atoms with van der Waals surface area (Å²) in [6, 6.07) is 15.6. The number of hydrogen-bond acceptors (Lipinski definition) is 4. The molecule has 0 amide bonds. The number of thioether (sulfide) groups is 1. The highest BCUT2D eigenvalue weighted by Gasteiger charge is 2.07. The lowest BCUT2D eigenvalue weighted by Crippen LogP contribution is -2.23. The number of carboxylic acids is 1. The van der Waals surface area contributed by atoms with E-state index >= 15 is 0 Å². The molecule has 140 valence electrons. The van der Waals surface area contributed by atoms with Gasteiger partial charge in [-0.15, -0.1) is 11.8 Å². The van der Waals surface area contributed by atoms with Crippen molar-refractivity contribution in [3.05, 3.63) is 64.7 Å². The van der Waals surface area contributed by atoms with E-state index in [9.17, 15) is 9.90 Å². The minimum Gasteiger partial charge on any atom is -0.481 e. The fourth-order valence-corrected chi connectivity index (χ4v) is 3.52. The summed E-state index contributed by atoms with van der Waals surface area (Å²) in [7, 11) is 0. The van der Waals surface area contributed by atoms with Gasteiger partial charge in [0.15, 0.2) is 0 Å². The Kier molecular flexibility index (Phi) is 8.98. The SMILES string of the molecule is O=C(O)CCCSc1ccc(CCNC[C@@H](O)c2cccc(Cl)c2)cc1. The molecule has 0 aliphatic carbocycles. The Morgan fingerprint density at radius 3 is 2.65 bits per heavy atom. The summed E-state index contributed by atoms with van der Waals surface area (Å²) in [5.74, 6) is 0.0723. The molecule has 0 radical (unpaired) electrons. The molecule has 3 N–H and O–H groups in total. The first-order valence-corrected chi connectivity index (χ1v) is 9.99. The first kappa shape index (κ1) is 20.8. The Morgan fingerprint density at radius 1 is 1.19 bits per heavy atom. The maximum Gasteiger partial charge on any atom is 0.303 e. The van der Waals surface area contributed by atoms with Gasteiger partial charge in [-0.25, -0.2) is 0 Å². The van der Waals surface area contributed by atoms with Crippen LogP contribution in [0.15, 0.2) is 53.4 Å². The van der Waals surface area contributed by atoms with Crippen LogP contribution in [0.3, 0.4) is 0 Å². The summed E-state index contributed by atoms with van der Waals surface area (Å²) < 4.78 is 0. The van der Waals surface area contributed by atoms with E-state index in [-0.39, 0.29) is 6.42 Å². The fourth-order valence-electron chi connectivity index (χ4n) is 2.47. The molecule has 0 fully saturated rings. The lowest BCUT2D eigenvalue weighted by atomic mass is 10.1. The van der Waals surface area contributed by atoms with Crippen LogP contribution in [0.1, 0.15) is 30.1 Å². The van der Waals surface area contributed by atoms with Crippen molar-refractivity contribution in [2.24, 2.45) is 0 Å². The summed E-state index contributed by atoms with van der Waals surface area (Å²) >= 11 is 7.62. The molecule has 0 heterocycles. The predicted molar refractivity (Wildman–Crippen MR) is 107 cm³/mol. The Morgan fingerprint density at radius 2 is 1.96 bits per heavy atom. The highest BCUT2D eigenvalue weighted by atomic mass is 35.5. The Labute approximate surface area is 163 Å². The second-order valence-corrected chi connectivity index (χ2v) is 7.62. The Balaban J connectivity index is 1.65. The zero-order valence-electron chi connectivity index (χ0n) is 14.5. The molecule has 2 rings (SSSR count). The largest absolute Gasteiger partial charge is 0.481 e. The minimum absolute atomic E-state index is 0.220. The van der Waals surface area contributed by atoms with Crippen molar-refractivity contribution >= 4 is 29.3 Å². The third kappa shape index (κ3) is 7.79. The van der Waals surface area contributed by atoms with E-state index in [0.717, 1.165) is 29.2 Å². The Hall–Kier alpha value is -1.53. The summed E-state index contributed by atoms with van der Waals surface area (Å²) in [4.78, 5) is 11.6. The maximum absolute atomic E-state index is 10.5. The van der Waals surface area contributed by atoms with Crippen LogP contribution in [0.5, 0.6) is 0 Å². The molecule has 0 aliphatic heterocycles. The summed E-state index contributed by atoms with van der Waals surface area (Å²) in [6.45, 7) is 1.26. The highest BCUT2D eigenvalue weighted by molar-refractivity contribution is 7.99. The zero-order valence-corrected chi connectivity index (χ0v) is 16.1. The molecule has 2 aromatic rings. The van der Waals surface area contributed by atoms with Crippen LogP contribution < -0.4 is 5.32 Å². The van der Waals surface area contributed by atoms with Gasteiger partial charge in [0.2, 0.25) is 0 Å². The van der Waals surface area contributed by atoms with Crippen molar-refractivity contribution < 1.29 is 15.0 Å². The van der Waals surface area contributed by atoms with E-state index in [1.165, 1.54) is 5.56 Å². The third-order valence-electron chi connectivity index (χ3n) is 3.89. The van der Waals surface area contributed by atoms with Crippen LogP contribution in [-0.4, -0.2) is 35.0 Å². The van der Waals surface area contributed by atoms with Gasteiger partial charge in [-0.2, -0.15) is 0 Å². The average Bonchev–Trinajstić information content (AvgIpc) is 2.63. The van der Waals surface area contributed by atoms with Crippen molar-refractivity contribution in [2.75, 3.05) is 18.8 Å². The quantitative estimate of drug-likeness (QED) is 0.395. The van der Waals surface area contributed by atoms with Crippen LogP contribution in [0.4, 0.5) is 0 Å². The van der Waals surface area contributed by atoms with Crippen LogP contribution >= 0.6 is 23.4 Å². The van der Waals surface area contributed by atoms with Gasteiger partial charge in [0, 0.05) is 22.9 Å². The van der Waals surface area contributed by atoms with Crippen LogP contribution in [0, 0.1) is 0 Å². The van der Waals surface area contributed by atoms with Gasteiger partial charge in [0.1, 0.15) is 0 Å². The maximum atomic E-state index is 10.5. The second kappa shape index (κ2) is 11.2. The van der Waals surface area contributed by atoms with Gasteiger partial charge in [-0.1, -0.05) is 35.9 Å². The summed E-state index contributed by atoms with van der Waals surface area (Å²) in [6.07, 6.45) is 1.21. The fraction of sp³-hybridized carbons (Fsp3) is 0.350. The number of aliphatic hydroxyl groups excluding tert-OH is 1. The van der Waals surface area contributed by atoms with Crippen LogP contribution in [0.25, 0.3) is 0 Å². The van der Waals surface area contributed by atoms with Gasteiger partial charge in [-0.05, 0) is 60.5 Å². The number of carboxylic acid groups (broad SMARTS) is 1. The molecule has 0 bridgehead atoms. The number of rotatable bonds is 11. The van der Waals surface area contributed by atoms with E-state index in [4.69, 9.17) is 16.7 Å². The molecule has 6 heteroatoms. The van der Waals surface area contributed by atoms with E-state index < -0.39 is 12.1 Å².